The van der Waals surface area contributed by atoms with Gasteiger partial charge in [0.2, 0.25) is 0 Å². The first-order chi connectivity index (χ1) is 33.0. The Hall–Kier alpha value is -7.66. The normalized spacial score (nSPS) is 12.3. The fourth-order valence-corrected chi connectivity index (χ4v) is 11.5. The highest BCUT2D eigenvalue weighted by Gasteiger charge is 2.24. The van der Waals surface area contributed by atoms with Gasteiger partial charge < -0.3 is 14.2 Å². The van der Waals surface area contributed by atoms with Crippen LogP contribution in [0, 0.1) is 0 Å². The maximum absolute atomic E-state index is 2.54. The predicted octanol–water partition coefficient (Wildman–Crippen LogP) is 18.9. The van der Waals surface area contributed by atoms with Crippen molar-refractivity contribution in [3.63, 3.8) is 0 Å². The summed E-state index contributed by atoms with van der Waals surface area (Å²) in [5, 5.41) is 5.10. The number of hydrogen-bond acceptors (Lipinski definition) is 3. The van der Waals surface area contributed by atoms with E-state index in [1.165, 1.54) is 80.9 Å². The molecule has 3 aromatic heterocycles. The minimum absolute atomic E-state index is 0.0615. The highest BCUT2D eigenvalue weighted by Crippen LogP contribution is 2.49. The molecule has 0 saturated carbocycles. The Morgan fingerprint density at radius 1 is 0.338 bits per heavy atom. The molecular formula is C64H53N3S. The van der Waals surface area contributed by atoms with E-state index in [2.05, 4.69) is 268 Å². The van der Waals surface area contributed by atoms with Crippen molar-refractivity contribution < 1.29 is 0 Å². The number of benzene rings is 9. The monoisotopic (exact) mass is 895 g/mol. The van der Waals surface area contributed by atoms with Crippen molar-refractivity contribution in [3.05, 3.63) is 223 Å². The summed E-state index contributed by atoms with van der Waals surface area (Å²) in [7, 11) is 0. The number of rotatable bonds is 8. The lowest BCUT2D eigenvalue weighted by atomic mass is 9.87. The standard InChI is InChI=1S/C64H53N3S/c1-63(2,3)46-24-32-50(33-25-46)65(48-28-20-44(21-29-48)42-14-9-7-10-15-42)52-37-39-58-57(40-52)54-18-13-19-56-60(54)67(58)61-55-38-36-53(41-59(55)68-62(56)61)66(51-34-26-47(27-35-51)64(4,5)6)49-30-22-45(23-31-49)43-16-11-8-12-17-43/h7-41H,1-6H3. The largest absolute Gasteiger partial charge is 0.310 e. The van der Waals surface area contributed by atoms with Crippen molar-refractivity contribution in [1.82, 2.24) is 4.40 Å². The van der Waals surface area contributed by atoms with E-state index in [1.807, 2.05) is 11.3 Å². The molecule has 0 N–H and O–H groups in total. The van der Waals surface area contributed by atoms with E-state index in [-0.39, 0.29) is 10.8 Å². The summed E-state index contributed by atoms with van der Waals surface area (Å²) in [6, 6.07) is 78.5. The van der Waals surface area contributed by atoms with E-state index in [4.69, 9.17) is 0 Å². The van der Waals surface area contributed by atoms with Gasteiger partial charge in [-0.15, -0.1) is 11.3 Å². The smallest absolute Gasteiger partial charge is 0.0728 e. The van der Waals surface area contributed by atoms with E-state index in [0.717, 1.165) is 34.1 Å². The molecule has 9 aromatic carbocycles. The molecule has 4 heteroatoms. The minimum atomic E-state index is 0.0615. The molecule has 0 aliphatic carbocycles. The topological polar surface area (TPSA) is 10.9 Å². The summed E-state index contributed by atoms with van der Waals surface area (Å²) in [5.74, 6) is 0. The van der Waals surface area contributed by atoms with Crippen LogP contribution in [-0.2, 0) is 10.8 Å². The fraction of sp³-hybridized carbons (Fsp3) is 0.125. The van der Waals surface area contributed by atoms with Crippen LogP contribution in [0.4, 0.5) is 34.1 Å². The first-order valence-corrected chi connectivity index (χ1v) is 24.6. The van der Waals surface area contributed by atoms with E-state index in [0.29, 0.717) is 0 Å². The summed E-state index contributed by atoms with van der Waals surface area (Å²) in [6.07, 6.45) is 0. The summed E-state index contributed by atoms with van der Waals surface area (Å²) in [4.78, 5) is 4.81. The number of anilines is 6. The third kappa shape index (κ3) is 7.10. The average molecular weight is 896 g/mol. The lowest BCUT2D eigenvalue weighted by Gasteiger charge is -2.27. The molecule has 3 heterocycles. The second-order valence-corrected chi connectivity index (χ2v) is 21.3. The van der Waals surface area contributed by atoms with E-state index in [1.54, 1.807) is 0 Å². The Balaban J connectivity index is 0.988. The Bertz CT molecular complexity index is 3760. The zero-order valence-corrected chi connectivity index (χ0v) is 40.3. The van der Waals surface area contributed by atoms with Crippen molar-refractivity contribution >= 4 is 93.0 Å². The number of nitrogens with zero attached hydrogens (tertiary/aromatic N) is 3. The lowest BCUT2D eigenvalue weighted by Crippen LogP contribution is -2.13. The van der Waals surface area contributed by atoms with Crippen LogP contribution in [0.15, 0.2) is 212 Å². The highest BCUT2D eigenvalue weighted by molar-refractivity contribution is 7.26. The molecule has 68 heavy (non-hydrogen) atoms. The third-order valence-electron chi connectivity index (χ3n) is 13.9. The number of thiophene rings is 1. The van der Waals surface area contributed by atoms with E-state index < -0.39 is 0 Å². The maximum Gasteiger partial charge on any atom is 0.0728 e. The molecule has 0 unspecified atom stereocenters. The van der Waals surface area contributed by atoms with Gasteiger partial charge in [0.25, 0.3) is 0 Å². The Morgan fingerprint density at radius 2 is 0.765 bits per heavy atom. The van der Waals surface area contributed by atoms with Gasteiger partial charge in [-0.05, 0) is 129 Å². The second kappa shape index (κ2) is 16.0. The molecule has 0 saturated heterocycles. The summed E-state index contributed by atoms with van der Waals surface area (Å²) < 4.78 is 5.14. The van der Waals surface area contributed by atoms with Crippen molar-refractivity contribution in [1.29, 1.82) is 0 Å². The Kier molecular flexibility index (Phi) is 9.83. The summed E-state index contributed by atoms with van der Waals surface area (Å²) >= 11 is 1.91. The molecule has 0 aliphatic heterocycles. The molecule has 12 rings (SSSR count). The van der Waals surface area contributed by atoms with Crippen molar-refractivity contribution in [2.24, 2.45) is 0 Å². The number of hydrogen-bond donors (Lipinski definition) is 0. The minimum Gasteiger partial charge on any atom is -0.310 e. The zero-order chi connectivity index (χ0) is 46.3. The van der Waals surface area contributed by atoms with Gasteiger partial charge in [0.15, 0.2) is 0 Å². The van der Waals surface area contributed by atoms with Crippen molar-refractivity contribution in [3.8, 4) is 22.3 Å². The van der Waals surface area contributed by atoms with E-state index in [9.17, 15) is 0 Å². The second-order valence-electron chi connectivity index (χ2n) is 20.3. The maximum atomic E-state index is 2.54. The van der Waals surface area contributed by atoms with Crippen LogP contribution >= 0.6 is 11.3 Å². The molecule has 330 valence electrons. The zero-order valence-electron chi connectivity index (χ0n) is 39.5. The van der Waals surface area contributed by atoms with Crippen LogP contribution in [0.1, 0.15) is 52.7 Å². The van der Waals surface area contributed by atoms with Crippen LogP contribution in [0.5, 0.6) is 0 Å². The third-order valence-corrected chi connectivity index (χ3v) is 15.0. The Morgan fingerprint density at radius 3 is 1.26 bits per heavy atom. The van der Waals surface area contributed by atoms with E-state index >= 15 is 0 Å². The molecule has 0 atom stereocenters. The quantitative estimate of drug-likeness (QED) is 0.150. The Labute approximate surface area is 403 Å². The molecular weight excluding hydrogens is 843 g/mol. The molecule has 0 amide bonds. The van der Waals surface area contributed by atoms with Crippen LogP contribution in [0.2, 0.25) is 0 Å². The lowest BCUT2D eigenvalue weighted by molar-refractivity contribution is 0.590. The SMILES string of the molecule is CC(C)(C)c1ccc(N(c2ccc(-c3ccccc3)cc2)c2ccc3c(c2)sc2c4cccc5c6cc(N(c7ccc(-c8ccccc8)cc7)c7ccc(C(C)(C)C)cc7)ccc6n(c54)c32)cc1. The van der Waals surface area contributed by atoms with Crippen LogP contribution in [-0.4, -0.2) is 4.40 Å². The first kappa shape index (κ1) is 41.7. The molecule has 0 aliphatic rings. The van der Waals surface area contributed by atoms with Gasteiger partial charge in [0, 0.05) is 60.4 Å². The molecule has 3 nitrogen and oxygen atoms in total. The summed E-state index contributed by atoms with van der Waals surface area (Å²) in [6.45, 7) is 13.7. The van der Waals surface area contributed by atoms with Gasteiger partial charge in [0.05, 0.1) is 21.3 Å². The highest BCUT2D eigenvalue weighted by atomic mass is 32.1. The van der Waals surface area contributed by atoms with Crippen LogP contribution in [0.3, 0.4) is 0 Å². The molecule has 0 spiro atoms. The number of fused-ring (bicyclic) bond motifs is 8. The van der Waals surface area contributed by atoms with Gasteiger partial charge in [0.1, 0.15) is 0 Å². The van der Waals surface area contributed by atoms with Crippen molar-refractivity contribution in [2.75, 3.05) is 9.80 Å². The fourth-order valence-electron chi connectivity index (χ4n) is 10.2. The summed E-state index contributed by atoms with van der Waals surface area (Å²) in [5.41, 5.74) is 18.2. The number of para-hydroxylation sites is 1. The van der Waals surface area contributed by atoms with Gasteiger partial charge >= 0.3 is 0 Å². The van der Waals surface area contributed by atoms with Gasteiger partial charge in [-0.3, -0.25) is 0 Å². The predicted molar refractivity (Wildman–Crippen MR) is 294 cm³/mol. The molecule has 0 bridgehead atoms. The average Bonchev–Trinajstić information content (AvgIpc) is 4.01. The first-order valence-electron chi connectivity index (χ1n) is 23.7. The van der Waals surface area contributed by atoms with Crippen LogP contribution < -0.4 is 9.80 Å². The van der Waals surface area contributed by atoms with Gasteiger partial charge in [-0.2, -0.15) is 0 Å². The number of aromatic nitrogens is 1. The van der Waals surface area contributed by atoms with Gasteiger partial charge in [-0.1, -0.05) is 169 Å². The van der Waals surface area contributed by atoms with Crippen molar-refractivity contribution in [2.45, 2.75) is 52.4 Å². The molecule has 12 aromatic rings. The van der Waals surface area contributed by atoms with Gasteiger partial charge in [-0.25, -0.2) is 0 Å². The molecule has 0 fully saturated rings. The molecule has 0 radical (unpaired) electrons. The van der Waals surface area contributed by atoms with Crippen LogP contribution in [0.25, 0.3) is 69.7 Å².